The molecular formula is C14H13ClN2O3S. The summed E-state index contributed by atoms with van der Waals surface area (Å²) in [6.07, 6.45) is 0. The summed E-state index contributed by atoms with van der Waals surface area (Å²) in [5.74, 6) is -0.784. The fourth-order valence-electron chi connectivity index (χ4n) is 1.75. The lowest BCUT2D eigenvalue weighted by atomic mass is 10.2. The molecule has 110 valence electrons. The van der Waals surface area contributed by atoms with E-state index in [9.17, 15) is 13.2 Å². The second-order valence-electron chi connectivity index (χ2n) is 4.43. The Hall–Kier alpha value is -2.05. The van der Waals surface area contributed by atoms with Crippen LogP contribution in [-0.4, -0.2) is 14.3 Å². The van der Waals surface area contributed by atoms with Crippen molar-refractivity contribution < 1.29 is 13.2 Å². The first-order valence-corrected chi connectivity index (χ1v) is 7.85. The minimum Gasteiger partial charge on any atom is -0.366 e. The molecule has 0 radical (unpaired) electrons. The summed E-state index contributed by atoms with van der Waals surface area (Å²) in [4.78, 5) is 11.2. The molecule has 2 aromatic carbocycles. The normalized spacial score (nSPS) is 11.1. The van der Waals surface area contributed by atoms with Crippen LogP contribution in [0.25, 0.3) is 0 Å². The summed E-state index contributed by atoms with van der Waals surface area (Å²) in [7, 11) is -3.83. The van der Waals surface area contributed by atoms with Gasteiger partial charge in [-0.3, -0.25) is 9.52 Å². The topological polar surface area (TPSA) is 89.3 Å². The van der Waals surface area contributed by atoms with E-state index < -0.39 is 15.9 Å². The molecule has 2 aromatic rings. The Morgan fingerprint density at radius 3 is 2.48 bits per heavy atom. The molecule has 3 N–H and O–H groups in total. The van der Waals surface area contributed by atoms with E-state index in [1.54, 1.807) is 31.2 Å². The number of hydrogen-bond donors (Lipinski definition) is 2. The highest BCUT2D eigenvalue weighted by molar-refractivity contribution is 7.92. The Kier molecular flexibility index (Phi) is 4.20. The Balaban J connectivity index is 2.43. The van der Waals surface area contributed by atoms with Gasteiger partial charge in [-0.15, -0.1) is 0 Å². The summed E-state index contributed by atoms with van der Waals surface area (Å²) < 4.78 is 27.1. The van der Waals surface area contributed by atoms with Gasteiger partial charge in [-0.1, -0.05) is 29.8 Å². The fourth-order valence-corrected chi connectivity index (χ4v) is 3.12. The van der Waals surface area contributed by atoms with E-state index in [0.717, 1.165) is 11.6 Å². The maximum absolute atomic E-state index is 12.3. The molecule has 0 spiro atoms. The lowest BCUT2D eigenvalue weighted by molar-refractivity contribution is 0.1000. The van der Waals surface area contributed by atoms with Gasteiger partial charge in [0, 0.05) is 0 Å². The number of aryl methyl sites for hydroxylation is 1. The maximum atomic E-state index is 12.3. The SMILES string of the molecule is Cc1ccccc1NS(=O)(=O)c1ccc(Cl)c(C(N)=O)c1. The first kappa shape index (κ1) is 15.3. The average molecular weight is 325 g/mol. The van der Waals surface area contributed by atoms with Crippen molar-refractivity contribution in [1.82, 2.24) is 0 Å². The summed E-state index contributed by atoms with van der Waals surface area (Å²) in [6, 6.07) is 10.8. The summed E-state index contributed by atoms with van der Waals surface area (Å²) >= 11 is 5.81. The van der Waals surface area contributed by atoms with Crippen LogP contribution in [-0.2, 0) is 10.0 Å². The maximum Gasteiger partial charge on any atom is 0.261 e. The third-order valence-corrected chi connectivity index (χ3v) is 4.60. The zero-order valence-electron chi connectivity index (χ0n) is 11.1. The predicted octanol–water partition coefficient (Wildman–Crippen LogP) is 2.55. The molecule has 0 fully saturated rings. The Labute approximate surface area is 127 Å². The summed E-state index contributed by atoms with van der Waals surface area (Å²) in [5, 5.41) is 0.109. The number of hydrogen-bond acceptors (Lipinski definition) is 3. The Morgan fingerprint density at radius 2 is 1.86 bits per heavy atom. The van der Waals surface area contributed by atoms with E-state index in [1.807, 2.05) is 0 Å². The molecule has 0 heterocycles. The molecule has 7 heteroatoms. The van der Waals surface area contributed by atoms with E-state index >= 15 is 0 Å². The van der Waals surface area contributed by atoms with Crippen molar-refractivity contribution in [3.05, 3.63) is 58.6 Å². The van der Waals surface area contributed by atoms with Gasteiger partial charge >= 0.3 is 0 Å². The lowest BCUT2D eigenvalue weighted by Gasteiger charge is -2.11. The molecule has 0 saturated heterocycles. The minimum absolute atomic E-state index is 0.0377. The molecule has 21 heavy (non-hydrogen) atoms. The van der Waals surface area contributed by atoms with Crippen LogP contribution in [0, 0.1) is 6.92 Å². The lowest BCUT2D eigenvalue weighted by Crippen LogP contribution is -2.16. The van der Waals surface area contributed by atoms with Crippen LogP contribution in [0.5, 0.6) is 0 Å². The molecular weight excluding hydrogens is 312 g/mol. The van der Waals surface area contributed by atoms with Crippen molar-refractivity contribution in [2.45, 2.75) is 11.8 Å². The molecule has 0 aliphatic rings. The number of carbonyl (C=O) groups excluding carboxylic acids is 1. The average Bonchev–Trinajstić information content (AvgIpc) is 2.41. The molecule has 0 aliphatic heterocycles. The first-order chi connectivity index (χ1) is 9.81. The molecule has 2 rings (SSSR count). The van der Waals surface area contributed by atoms with Gasteiger partial charge in [-0.2, -0.15) is 0 Å². The number of rotatable bonds is 4. The highest BCUT2D eigenvalue weighted by Gasteiger charge is 2.18. The van der Waals surface area contributed by atoms with Gasteiger partial charge in [-0.25, -0.2) is 8.42 Å². The summed E-state index contributed by atoms with van der Waals surface area (Å²) in [5.41, 5.74) is 6.38. The van der Waals surface area contributed by atoms with Crippen LogP contribution >= 0.6 is 11.6 Å². The zero-order chi connectivity index (χ0) is 15.6. The van der Waals surface area contributed by atoms with E-state index in [1.165, 1.54) is 12.1 Å². The van der Waals surface area contributed by atoms with Crippen LogP contribution in [0.2, 0.25) is 5.02 Å². The Bertz CT molecular complexity index is 804. The van der Waals surface area contributed by atoms with Crippen molar-refractivity contribution in [2.24, 2.45) is 5.73 Å². The van der Waals surface area contributed by atoms with Gasteiger partial charge in [0.25, 0.3) is 10.0 Å². The second-order valence-corrected chi connectivity index (χ2v) is 6.52. The van der Waals surface area contributed by atoms with Gasteiger partial charge in [-0.05, 0) is 36.8 Å². The van der Waals surface area contributed by atoms with Crippen LogP contribution in [0.1, 0.15) is 15.9 Å². The number of nitrogens with two attached hydrogens (primary N) is 1. The van der Waals surface area contributed by atoms with E-state index in [-0.39, 0.29) is 15.5 Å². The van der Waals surface area contributed by atoms with Crippen molar-refractivity contribution >= 4 is 33.2 Å². The van der Waals surface area contributed by atoms with Crippen LogP contribution in [0.3, 0.4) is 0 Å². The van der Waals surface area contributed by atoms with Crippen molar-refractivity contribution in [2.75, 3.05) is 4.72 Å². The minimum atomic E-state index is -3.83. The van der Waals surface area contributed by atoms with Crippen molar-refractivity contribution in [1.29, 1.82) is 0 Å². The number of para-hydroxylation sites is 1. The van der Waals surface area contributed by atoms with Crippen LogP contribution in [0.15, 0.2) is 47.4 Å². The van der Waals surface area contributed by atoms with E-state index in [4.69, 9.17) is 17.3 Å². The second kappa shape index (κ2) is 5.75. The highest BCUT2D eigenvalue weighted by atomic mass is 35.5. The Morgan fingerprint density at radius 1 is 1.19 bits per heavy atom. The molecule has 0 unspecified atom stereocenters. The summed E-state index contributed by atoms with van der Waals surface area (Å²) in [6.45, 7) is 1.79. The number of sulfonamides is 1. The number of primary amides is 1. The zero-order valence-corrected chi connectivity index (χ0v) is 12.7. The number of amides is 1. The van der Waals surface area contributed by atoms with Crippen LogP contribution < -0.4 is 10.5 Å². The molecule has 0 saturated carbocycles. The molecule has 1 amide bonds. The predicted molar refractivity (Wildman–Crippen MR) is 82.0 cm³/mol. The third-order valence-electron chi connectivity index (χ3n) is 2.90. The third kappa shape index (κ3) is 3.34. The van der Waals surface area contributed by atoms with Gasteiger partial charge < -0.3 is 5.73 Å². The number of halogens is 1. The van der Waals surface area contributed by atoms with Crippen molar-refractivity contribution in [3.8, 4) is 0 Å². The first-order valence-electron chi connectivity index (χ1n) is 5.99. The number of nitrogens with one attached hydrogen (secondary N) is 1. The van der Waals surface area contributed by atoms with Gasteiger partial charge in [0.05, 0.1) is 21.2 Å². The molecule has 5 nitrogen and oxygen atoms in total. The quantitative estimate of drug-likeness (QED) is 0.905. The van der Waals surface area contributed by atoms with Gasteiger partial charge in [0.2, 0.25) is 5.91 Å². The van der Waals surface area contributed by atoms with E-state index in [0.29, 0.717) is 5.69 Å². The highest BCUT2D eigenvalue weighted by Crippen LogP contribution is 2.23. The van der Waals surface area contributed by atoms with Gasteiger partial charge in [0.1, 0.15) is 0 Å². The molecule has 0 aromatic heterocycles. The van der Waals surface area contributed by atoms with E-state index in [2.05, 4.69) is 4.72 Å². The van der Waals surface area contributed by atoms with Crippen molar-refractivity contribution in [3.63, 3.8) is 0 Å². The number of benzene rings is 2. The van der Waals surface area contributed by atoms with Gasteiger partial charge in [0.15, 0.2) is 0 Å². The smallest absolute Gasteiger partial charge is 0.261 e. The molecule has 0 aliphatic carbocycles. The van der Waals surface area contributed by atoms with Crippen LogP contribution in [0.4, 0.5) is 5.69 Å². The largest absolute Gasteiger partial charge is 0.366 e. The standard InChI is InChI=1S/C14H13ClN2O3S/c1-9-4-2-3-5-13(9)17-21(19,20)10-6-7-12(15)11(8-10)14(16)18/h2-8,17H,1H3,(H2,16,18). The monoisotopic (exact) mass is 324 g/mol. The number of carbonyl (C=O) groups is 1. The number of anilines is 1. The molecule has 0 atom stereocenters. The molecule has 0 bridgehead atoms. The fraction of sp³-hybridized carbons (Fsp3) is 0.0714.